The number of nitrogens with one attached hydrogen (secondary N) is 1. The third kappa shape index (κ3) is 5.39. The van der Waals surface area contributed by atoms with Crippen molar-refractivity contribution in [3.8, 4) is 22.5 Å². The topological polar surface area (TPSA) is 116 Å². The monoisotopic (exact) mass is 588 g/mol. The molecule has 0 radical (unpaired) electrons. The van der Waals surface area contributed by atoms with Crippen molar-refractivity contribution in [3.05, 3.63) is 117 Å². The van der Waals surface area contributed by atoms with Crippen molar-refractivity contribution >= 4 is 11.2 Å². The lowest BCUT2D eigenvalue weighted by Crippen LogP contribution is -2.42. The fourth-order valence-electron chi connectivity index (χ4n) is 5.89. The molecular formula is C34H36N8O2. The summed E-state index contributed by atoms with van der Waals surface area (Å²) in [5, 5.41) is 14.4. The normalized spacial score (nSPS) is 12.2. The molecule has 0 saturated heterocycles. The maximum absolute atomic E-state index is 14.2. The van der Waals surface area contributed by atoms with Gasteiger partial charge >= 0.3 is 5.69 Å². The largest absolute Gasteiger partial charge is 0.333 e. The fraction of sp³-hybridized carbons (Fsp3) is 0.294. The van der Waals surface area contributed by atoms with Crippen LogP contribution in [-0.2, 0) is 19.5 Å². The Balaban J connectivity index is 1.45. The van der Waals surface area contributed by atoms with Gasteiger partial charge in [0.1, 0.15) is 5.82 Å². The lowest BCUT2D eigenvalue weighted by Gasteiger charge is -2.18. The number of imidazole rings is 1. The standard InChI is InChI=1S/C34H36N8O2/c1-4-6-8-17-29-35-32-30(33(43)42(34(44)40(32)5-2)23(3)25-13-9-7-10-14-25)41(29)22-24-18-20-26(21-19-24)27-15-11-12-16-28(27)31-36-38-39-37-31/h7,9-16,18-21,23H,4-6,8,17,22H2,1-3H3,(H,36,37,38,39). The zero-order valence-electron chi connectivity index (χ0n) is 25.3. The van der Waals surface area contributed by atoms with Crippen molar-refractivity contribution in [3.63, 3.8) is 0 Å². The van der Waals surface area contributed by atoms with E-state index >= 15 is 0 Å². The highest BCUT2D eigenvalue weighted by Gasteiger charge is 2.24. The van der Waals surface area contributed by atoms with Crippen LogP contribution in [0.25, 0.3) is 33.7 Å². The van der Waals surface area contributed by atoms with Crippen molar-refractivity contribution in [1.82, 2.24) is 39.3 Å². The predicted molar refractivity (Wildman–Crippen MR) is 172 cm³/mol. The molecule has 6 aromatic rings. The van der Waals surface area contributed by atoms with Gasteiger partial charge in [0.25, 0.3) is 5.56 Å². The zero-order valence-corrected chi connectivity index (χ0v) is 25.3. The van der Waals surface area contributed by atoms with Crippen molar-refractivity contribution in [2.45, 2.75) is 65.6 Å². The smallest absolute Gasteiger partial charge is 0.318 e. The molecule has 3 heterocycles. The Morgan fingerprint density at radius 3 is 2.25 bits per heavy atom. The first-order valence-electron chi connectivity index (χ1n) is 15.2. The lowest BCUT2D eigenvalue weighted by molar-refractivity contribution is 0.542. The second-order valence-corrected chi connectivity index (χ2v) is 11.0. The van der Waals surface area contributed by atoms with Gasteiger partial charge in [-0.3, -0.25) is 13.9 Å². The number of hydrogen-bond donors (Lipinski definition) is 1. The number of benzene rings is 3. The van der Waals surface area contributed by atoms with Crippen molar-refractivity contribution in [1.29, 1.82) is 0 Å². The molecule has 1 unspecified atom stereocenters. The maximum atomic E-state index is 14.2. The average Bonchev–Trinajstić information content (AvgIpc) is 3.71. The Morgan fingerprint density at radius 2 is 1.57 bits per heavy atom. The van der Waals surface area contributed by atoms with Gasteiger partial charge in [-0.1, -0.05) is 98.6 Å². The quantitative estimate of drug-likeness (QED) is 0.197. The van der Waals surface area contributed by atoms with E-state index < -0.39 is 6.04 Å². The molecule has 10 nitrogen and oxygen atoms in total. The van der Waals surface area contributed by atoms with Crippen LogP contribution in [0.2, 0.25) is 0 Å². The SMILES string of the molecule is CCCCCc1nc2c(c(=O)n(C(C)c3ccccc3)c(=O)n2CC)n1Cc1ccc(-c2ccccc2-c2nnn[nH]2)cc1. The highest BCUT2D eigenvalue weighted by atomic mass is 16.2. The highest BCUT2D eigenvalue weighted by Crippen LogP contribution is 2.30. The Labute approximate surface area is 255 Å². The molecular weight excluding hydrogens is 552 g/mol. The molecule has 0 aliphatic rings. The Kier molecular flexibility index (Phi) is 8.31. The molecule has 3 aromatic heterocycles. The van der Waals surface area contributed by atoms with Gasteiger partial charge in [-0.15, -0.1) is 5.10 Å². The van der Waals surface area contributed by atoms with Crippen LogP contribution >= 0.6 is 0 Å². The molecule has 224 valence electrons. The minimum Gasteiger partial charge on any atom is -0.318 e. The number of tetrazole rings is 1. The molecule has 0 bridgehead atoms. The molecule has 0 aliphatic carbocycles. The van der Waals surface area contributed by atoms with Crippen LogP contribution < -0.4 is 11.2 Å². The summed E-state index contributed by atoms with van der Waals surface area (Å²) >= 11 is 0. The van der Waals surface area contributed by atoms with Gasteiger partial charge in [0.15, 0.2) is 17.0 Å². The van der Waals surface area contributed by atoms with Crippen LogP contribution in [0.15, 0.2) is 88.5 Å². The second-order valence-electron chi connectivity index (χ2n) is 11.0. The minimum absolute atomic E-state index is 0.313. The molecule has 1 N–H and O–H groups in total. The first kappa shape index (κ1) is 29.0. The molecule has 10 heteroatoms. The number of fused-ring (bicyclic) bond motifs is 1. The van der Waals surface area contributed by atoms with Gasteiger partial charge in [0.05, 0.1) is 6.04 Å². The van der Waals surface area contributed by atoms with Crippen molar-refractivity contribution in [2.75, 3.05) is 0 Å². The molecule has 3 aromatic carbocycles. The van der Waals surface area contributed by atoms with Crippen LogP contribution in [0, 0.1) is 0 Å². The zero-order chi connectivity index (χ0) is 30.6. The Hall–Kier alpha value is -5.12. The van der Waals surface area contributed by atoms with Crippen LogP contribution in [0.3, 0.4) is 0 Å². The molecule has 0 aliphatic heterocycles. The van der Waals surface area contributed by atoms with E-state index in [9.17, 15) is 9.59 Å². The summed E-state index contributed by atoms with van der Waals surface area (Å²) in [6.45, 7) is 6.86. The van der Waals surface area contributed by atoms with E-state index in [-0.39, 0.29) is 11.2 Å². The number of hydrogen-bond acceptors (Lipinski definition) is 6. The van der Waals surface area contributed by atoms with Gasteiger partial charge in [0, 0.05) is 25.1 Å². The fourth-order valence-corrected chi connectivity index (χ4v) is 5.89. The van der Waals surface area contributed by atoms with Gasteiger partial charge in [-0.05, 0) is 52.9 Å². The van der Waals surface area contributed by atoms with Crippen LogP contribution in [0.4, 0.5) is 0 Å². The molecule has 1 atom stereocenters. The summed E-state index contributed by atoms with van der Waals surface area (Å²) in [6, 6.07) is 25.5. The van der Waals surface area contributed by atoms with Gasteiger partial charge in [-0.25, -0.2) is 14.9 Å². The number of H-pyrrole nitrogens is 1. The molecule has 6 rings (SSSR count). The van der Waals surface area contributed by atoms with E-state index in [0.717, 1.165) is 59.3 Å². The number of unbranched alkanes of at least 4 members (excludes halogenated alkanes) is 2. The molecule has 0 spiro atoms. The Bertz CT molecular complexity index is 1990. The molecule has 0 amide bonds. The summed E-state index contributed by atoms with van der Waals surface area (Å²) in [6.07, 6.45) is 3.82. The summed E-state index contributed by atoms with van der Waals surface area (Å²) in [7, 11) is 0. The van der Waals surface area contributed by atoms with E-state index in [1.54, 1.807) is 4.57 Å². The number of aromatic amines is 1. The predicted octanol–water partition coefficient (Wildman–Crippen LogP) is 5.62. The van der Waals surface area contributed by atoms with E-state index in [2.05, 4.69) is 51.8 Å². The number of aromatic nitrogens is 8. The average molecular weight is 589 g/mol. The minimum atomic E-state index is -0.427. The maximum Gasteiger partial charge on any atom is 0.333 e. The third-order valence-electron chi connectivity index (χ3n) is 8.26. The van der Waals surface area contributed by atoms with Gasteiger partial charge in [-0.2, -0.15) is 0 Å². The van der Waals surface area contributed by atoms with E-state index in [4.69, 9.17) is 4.98 Å². The summed E-state index contributed by atoms with van der Waals surface area (Å²) in [5.74, 6) is 1.43. The third-order valence-corrected chi connectivity index (χ3v) is 8.26. The first-order chi connectivity index (χ1) is 21.5. The summed E-state index contributed by atoms with van der Waals surface area (Å²) < 4.78 is 5.04. The van der Waals surface area contributed by atoms with Crippen molar-refractivity contribution < 1.29 is 0 Å². The van der Waals surface area contributed by atoms with Gasteiger partial charge in [0.2, 0.25) is 0 Å². The lowest BCUT2D eigenvalue weighted by atomic mass is 9.98. The van der Waals surface area contributed by atoms with Crippen LogP contribution in [-0.4, -0.2) is 39.3 Å². The molecule has 0 fully saturated rings. The van der Waals surface area contributed by atoms with Gasteiger partial charge < -0.3 is 4.57 Å². The van der Waals surface area contributed by atoms with E-state index in [1.165, 1.54) is 4.57 Å². The molecule has 0 saturated carbocycles. The summed E-state index contributed by atoms with van der Waals surface area (Å²) in [4.78, 5) is 32.9. The molecule has 44 heavy (non-hydrogen) atoms. The second kappa shape index (κ2) is 12.6. The highest BCUT2D eigenvalue weighted by molar-refractivity contribution is 5.80. The summed E-state index contributed by atoms with van der Waals surface area (Å²) in [5.41, 5.74) is 5.15. The Morgan fingerprint density at radius 1 is 0.841 bits per heavy atom. The number of aryl methyl sites for hydroxylation is 2. The van der Waals surface area contributed by atoms with Crippen LogP contribution in [0.1, 0.15) is 63.0 Å². The van der Waals surface area contributed by atoms with E-state index in [0.29, 0.717) is 30.1 Å². The number of rotatable bonds is 11. The van der Waals surface area contributed by atoms with Crippen molar-refractivity contribution in [2.24, 2.45) is 0 Å². The first-order valence-corrected chi connectivity index (χ1v) is 15.2. The van der Waals surface area contributed by atoms with E-state index in [1.807, 2.05) is 73.0 Å². The van der Waals surface area contributed by atoms with Crippen LogP contribution in [0.5, 0.6) is 0 Å². The number of nitrogens with zero attached hydrogens (tertiary/aromatic N) is 7.